The monoisotopic (exact) mass is 318 g/mol. The Morgan fingerprint density at radius 3 is 2.62 bits per heavy atom. The van der Waals surface area contributed by atoms with E-state index in [0.717, 1.165) is 22.0 Å². The number of methoxy groups -OCH3 is 1. The zero-order chi connectivity index (χ0) is 15.0. The molecule has 1 aromatic heterocycles. The van der Waals surface area contributed by atoms with Crippen LogP contribution in [0.15, 0.2) is 36.4 Å². The van der Waals surface area contributed by atoms with Crippen LogP contribution in [-0.2, 0) is 0 Å². The lowest BCUT2D eigenvalue weighted by molar-refractivity contribution is 0.416. The highest BCUT2D eigenvalue weighted by Crippen LogP contribution is 2.33. The first-order valence-corrected chi connectivity index (χ1v) is 7.12. The van der Waals surface area contributed by atoms with Crippen molar-refractivity contribution in [3.05, 3.63) is 52.1 Å². The van der Waals surface area contributed by atoms with Gasteiger partial charge in [-0.3, -0.25) is 0 Å². The number of halogens is 2. The number of hydrogen-bond donors (Lipinski definition) is 0. The predicted octanol–water partition coefficient (Wildman–Crippen LogP) is 4.92. The van der Waals surface area contributed by atoms with Crippen LogP contribution in [0.3, 0.4) is 0 Å². The quantitative estimate of drug-likeness (QED) is 0.629. The number of fused-ring (bicyclic) bond motifs is 1. The smallest absolute Gasteiger partial charge is 0.165 e. The SMILES string of the molecule is COc1cc(Cl)ccc1-c1nc(Cl)c2cccc(C)c2n1. The highest BCUT2D eigenvalue weighted by atomic mass is 35.5. The second-order valence-corrected chi connectivity index (χ2v) is 5.45. The van der Waals surface area contributed by atoms with Crippen LogP contribution in [0.25, 0.3) is 22.3 Å². The Labute approximate surface area is 132 Å². The molecule has 3 nitrogen and oxygen atoms in total. The summed E-state index contributed by atoms with van der Waals surface area (Å²) in [5.41, 5.74) is 2.64. The van der Waals surface area contributed by atoms with Gasteiger partial charge in [-0.15, -0.1) is 0 Å². The van der Waals surface area contributed by atoms with E-state index >= 15 is 0 Å². The molecule has 0 spiro atoms. The Kier molecular flexibility index (Phi) is 3.70. The number of aromatic nitrogens is 2. The molecule has 3 aromatic rings. The fraction of sp³-hybridized carbons (Fsp3) is 0.125. The summed E-state index contributed by atoms with van der Waals surface area (Å²) >= 11 is 12.3. The molecule has 0 saturated carbocycles. The van der Waals surface area contributed by atoms with Crippen LogP contribution in [0, 0.1) is 6.92 Å². The van der Waals surface area contributed by atoms with Crippen molar-refractivity contribution in [2.24, 2.45) is 0 Å². The molecule has 0 radical (unpaired) electrons. The van der Waals surface area contributed by atoms with Crippen molar-refractivity contribution in [1.29, 1.82) is 0 Å². The van der Waals surface area contributed by atoms with Gasteiger partial charge >= 0.3 is 0 Å². The van der Waals surface area contributed by atoms with E-state index in [2.05, 4.69) is 9.97 Å². The highest BCUT2D eigenvalue weighted by molar-refractivity contribution is 6.34. The van der Waals surface area contributed by atoms with Gasteiger partial charge in [0.2, 0.25) is 0 Å². The third-order valence-electron chi connectivity index (χ3n) is 3.29. The fourth-order valence-electron chi connectivity index (χ4n) is 2.23. The van der Waals surface area contributed by atoms with Gasteiger partial charge in [0.1, 0.15) is 10.9 Å². The van der Waals surface area contributed by atoms with Crippen LogP contribution in [-0.4, -0.2) is 17.1 Å². The van der Waals surface area contributed by atoms with Crippen molar-refractivity contribution < 1.29 is 4.74 Å². The molecule has 0 aliphatic heterocycles. The molecular formula is C16H12Cl2N2O. The van der Waals surface area contributed by atoms with E-state index in [0.29, 0.717) is 21.7 Å². The van der Waals surface area contributed by atoms with E-state index in [1.54, 1.807) is 19.2 Å². The third-order valence-corrected chi connectivity index (χ3v) is 3.81. The molecule has 5 heteroatoms. The largest absolute Gasteiger partial charge is 0.496 e. The molecule has 0 unspecified atom stereocenters. The summed E-state index contributed by atoms with van der Waals surface area (Å²) < 4.78 is 5.36. The molecule has 0 aliphatic carbocycles. The fourth-order valence-corrected chi connectivity index (χ4v) is 2.62. The van der Waals surface area contributed by atoms with E-state index in [-0.39, 0.29) is 0 Å². The van der Waals surface area contributed by atoms with E-state index in [1.165, 1.54) is 0 Å². The highest BCUT2D eigenvalue weighted by Gasteiger charge is 2.13. The molecule has 2 aromatic carbocycles. The van der Waals surface area contributed by atoms with Crippen molar-refractivity contribution in [2.45, 2.75) is 6.92 Å². The van der Waals surface area contributed by atoms with E-state index in [9.17, 15) is 0 Å². The van der Waals surface area contributed by atoms with Gasteiger partial charge in [-0.05, 0) is 36.8 Å². The van der Waals surface area contributed by atoms with Gasteiger partial charge in [-0.2, -0.15) is 0 Å². The zero-order valence-corrected chi connectivity index (χ0v) is 13.0. The number of para-hydroxylation sites is 1. The maximum absolute atomic E-state index is 6.29. The molecule has 106 valence electrons. The molecule has 21 heavy (non-hydrogen) atoms. The van der Waals surface area contributed by atoms with Crippen LogP contribution in [0.1, 0.15) is 5.56 Å². The molecule has 1 heterocycles. The van der Waals surface area contributed by atoms with Crippen molar-refractivity contribution in [3.8, 4) is 17.1 Å². The minimum Gasteiger partial charge on any atom is -0.496 e. The number of ether oxygens (including phenoxy) is 1. The first kappa shape index (κ1) is 14.1. The van der Waals surface area contributed by atoms with Crippen LogP contribution < -0.4 is 4.74 Å². The molecule has 3 rings (SSSR count). The van der Waals surface area contributed by atoms with E-state index < -0.39 is 0 Å². The van der Waals surface area contributed by atoms with Gasteiger partial charge in [0, 0.05) is 10.4 Å². The Morgan fingerprint density at radius 1 is 1.05 bits per heavy atom. The number of rotatable bonds is 2. The molecule has 0 N–H and O–H groups in total. The molecular weight excluding hydrogens is 307 g/mol. The minimum absolute atomic E-state index is 0.427. The van der Waals surface area contributed by atoms with Gasteiger partial charge in [-0.25, -0.2) is 9.97 Å². The zero-order valence-electron chi connectivity index (χ0n) is 11.5. The van der Waals surface area contributed by atoms with E-state index in [1.807, 2.05) is 31.2 Å². The Hall–Kier alpha value is -1.84. The summed E-state index contributed by atoms with van der Waals surface area (Å²) in [7, 11) is 1.59. The van der Waals surface area contributed by atoms with Crippen molar-refractivity contribution >= 4 is 34.1 Å². The van der Waals surface area contributed by atoms with Crippen LogP contribution in [0.2, 0.25) is 10.2 Å². The molecule has 0 fully saturated rings. The van der Waals surface area contributed by atoms with Crippen LogP contribution in [0.4, 0.5) is 0 Å². The lowest BCUT2D eigenvalue weighted by Crippen LogP contribution is -1.96. The number of nitrogens with zero attached hydrogens (tertiary/aromatic N) is 2. The van der Waals surface area contributed by atoms with Crippen molar-refractivity contribution in [3.63, 3.8) is 0 Å². The molecule has 0 atom stereocenters. The van der Waals surface area contributed by atoms with Gasteiger partial charge in [0.15, 0.2) is 5.82 Å². The molecule has 0 aliphatic rings. The summed E-state index contributed by atoms with van der Waals surface area (Å²) in [5, 5.41) is 1.86. The van der Waals surface area contributed by atoms with Crippen LogP contribution in [0.5, 0.6) is 5.75 Å². The second-order valence-electron chi connectivity index (χ2n) is 4.65. The van der Waals surface area contributed by atoms with Crippen molar-refractivity contribution in [1.82, 2.24) is 9.97 Å². The maximum atomic E-state index is 6.29. The summed E-state index contributed by atoms with van der Waals surface area (Å²) in [6, 6.07) is 11.2. The Balaban J connectivity index is 2.29. The van der Waals surface area contributed by atoms with E-state index in [4.69, 9.17) is 27.9 Å². The first-order valence-electron chi connectivity index (χ1n) is 6.37. The average Bonchev–Trinajstić information content (AvgIpc) is 2.48. The third kappa shape index (κ3) is 2.55. The van der Waals surface area contributed by atoms with Crippen molar-refractivity contribution in [2.75, 3.05) is 7.11 Å². The van der Waals surface area contributed by atoms with Gasteiger partial charge in [0.25, 0.3) is 0 Å². The predicted molar refractivity (Wildman–Crippen MR) is 86.3 cm³/mol. The topological polar surface area (TPSA) is 35.0 Å². The Morgan fingerprint density at radius 2 is 1.86 bits per heavy atom. The first-order chi connectivity index (χ1) is 10.1. The van der Waals surface area contributed by atoms with Gasteiger partial charge < -0.3 is 4.74 Å². The lowest BCUT2D eigenvalue weighted by atomic mass is 10.1. The average molecular weight is 319 g/mol. The minimum atomic E-state index is 0.427. The molecule has 0 amide bonds. The summed E-state index contributed by atoms with van der Waals surface area (Å²) in [6.45, 7) is 1.99. The number of aryl methyl sites for hydroxylation is 1. The second kappa shape index (κ2) is 5.51. The Bertz CT molecular complexity index is 834. The summed E-state index contributed by atoms with van der Waals surface area (Å²) in [6.07, 6.45) is 0. The summed E-state index contributed by atoms with van der Waals surface area (Å²) in [5.74, 6) is 1.14. The number of hydrogen-bond acceptors (Lipinski definition) is 3. The molecule has 0 saturated heterocycles. The van der Waals surface area contributed by atoms with Gasteiger partial charge in [-0.1, -0.05) is 35.3 Å². The standard InChI is InChI=1S/C16H12Cl2N2O/c1-9-4-3-5-12-14(9)19-16(20-15(12)18)11-7-6-10(17)8-13(11)21-2/h3-8H,1-2H3. The number of benzene rings is 2. The lowest BCUT2D eigenvalue weighted by Gasteiger charge is -2.10. The van der Waals surface area contributed by atoms with Crippen LogP contribution >= 0.6 is 23.2 Å². The molecule has 0 bridgehead atoms. The normalized spacial score (nSPS) is 10.9. The summed E-state index contributed by atoms with van der Waals surface area (Å²) in [4.78, 5) is 9.01. The maximum Gasteiger partial charge on any atom is 0.165 e. The van der Waals surface area contributed by atoms with Gasteiger partial charge in [0.05, 0.1) is 18.2 Å².